The van der Waals surface area contributed by atoms with E-state index in [1.807, 2.05) is 35.2 Å². The number of halogens is 4. The van der Waals surface area contributed by atoms with Gasteiger partial charge in [0.05, 0.1) is 37.1 Å². The summed E-state index contributed by atoms with van der Waals surface area (Å²) in [6.45, 7) is 3.06. The number of carbonyl (C=O) groups excluding carboxylic acids is 1. The van der Waals surface area contributed by atoms with Crippen LogP contribution in [0.2, 0.25) is 0 Å². The number of anilines is 1. The molecule has 0 saturated carbocycles. The molecular formula is C31H33F4N3O4. The maximum absolute atomic E-state index is 13.8. The first-order valence-corrected chi connectivity index (χ1v) is 13.8. The van der Waals surface area contributed by atoms with Gasteiger partial charge in [0.2, 0.25) is 0 Å². The smallest absolute Gasteiger partial charge is 0.417 e. The first kappa shape index (κ1) is 29.8. The summed E-state index contributed by atoms with van der Waals surface area (Å²) in [4.78, 5) is 18.7. The van der Waals surface area contributed by atoms with Crippen LogP contribution in [0.4, 0.5) is 23.2 Å². The first-order chi connectivity index (χ1) is 20.1. The fourth-order valence-corrected chi connectivity index (χ4v) is 5.80. The second-order valence-corrected chi connectivity index (χ2v) is 10.6. The molecule has 0 unspecified atom stereocenters. The van der Waals surface area contributed by atoms with Gasteiger partial charge < -0.3 is 24.7 Å². The zero-order chi connectivity index (χ0) is 30.0. The van der Waals surface area contributed by atoms with E-state index < -0.39 is 29.0 Å². The molecule has 5 rings (SSSR count). The van der Waals surface area contributed by atoms with Crippen molar-refractivity contribution >= 4 is 11.6 Å². The number of fused-ring (bicyclic) bond motifs is 1. The third kappa shape index (κ3) is 6.23. The predicted molar refractivity (Wildman–Crippen MR) is 149 cm³/mol. The lowest BCUT2D eigenvalue weighted by Crippen LogP contribution is -2.49. The van der Waals surface area contributed by atoms with E-state index in [1.165, 1.54) is 10.5 Å². The molecular weight excluding hydrogens is 554 g/mol. The minimum Gasteiger partial charge on any atom is -0.495 e. The molecule has 0 atom stereocenters. The molecule has 3 aromatic carbocycles. The van der Waals surface area contributed by atoms with Crippen molar-refractivity contribution in [3.05, 3.63) is 93.3 Å². The Hall–Kier alpha value is -3.67. The van der Waals surface area contributed by atoms with Crippen molar-refractivity contribution < 1.29 is 37.3 Å². The Morgan fingerprint density at radius 3 is 2.24 bits per heavy atom. The highest BCUT2D eigenvalue weighted by atomic mass is 19.4. The van der Waals surface area contributed by atoms with Crippen molar-refractivity contribution in [3.63, 3.8) is 0 Å². The van der Waals surface area contributed by atoms with Gasteiger partial charge in [-0.25, -0.2) is 4.39 Å². The standard InChI is InChI=1S/C31H33F4N3O4/c1-42-29-5-2-20(16-36-7-6-21-13-23(18-39)24(19-40)14-22(21)17-36)12-28(29)37-8-10-38(11-9-37)30(41)26-15-25(32)3-4-27(26)31(33,34)35/h2-5,12-15,39-40H,6-11,16-19H2,1H3. The fraction of sp³-hybridized carbons (Fsp3) is 0.387. The van der Waals surface area contributed by atoms with Crippen LogP contribution in [0.5, 0.6) is 5.75 Å². The summed E-state index contributed by atoms with van der Waals surface area (Å²) in [7, 11) is 1.57. The average Bonchev–Trinajstić information content (AvgIpc) is 2.99. The van der Waals surface area contributed by atoms with E-state index >= 15 is 0 Å². The Labute approximate surface area is 241 Å². The summed E-state index contributed by atoms with van der Waals surface area (Å²) in [5.41, 5.74) is 3.84. The van der Waals surface area contributed by atoms with Crippen molar-refractivity contribution in [2.45, 2.75) is 38.9 Å². The number of rotatable bonds is 7. The number of aliphatic hydroxyl groups excluding tert-OH is 2. The normalized spacial score (nSPS) is 16.0. The van der Waals surface area contributed by atoms with E-state index in [4.69, 9.17) is 4.74 Å². The van der Waals surface area contributed by atoms with Gasteiger partial charge in [-0.2, -0.15) is 13.2 Å². The molecule has 11 heteroatoms. The van der Waals surface area contributed by atoms with Crippen molar-refractivity contribution in [2.75, 3.05) is 44.7 Å². The van der Waals surface area contributed by atoms with Gasteiger partial charge in [-0.05, 0) is 64.6 Å². The molecule has 1 fully saturated rings. The molecule has 1 amide bonds. The summed E-state index contributed by atoms with van der Waals surface area (Å²) >= 11 is 0. The minimum atomic E-state index is -4.77. The van der Waals surface area contributed by atoms with Crippen LogP contribution in [0.25, 0.3) is 0 Å². The van der Waals surface area contributed by atoms with Gasteiger partial charge in [0, 0.05) is 45.8 Å². The first-order valence-electron chi connectivity index (χ1n) is 13.8. The zero-order valence-corrected chi connectivity index (χ0v) is 23.3. The van der Waals surface area contributed by atoms with E-state index in [0.29, 0.717) is 50.1 Å². The molecule has 0 radical (unpaired) electrons. The molecule has 2 aliphatic heterocycles. The molecule has 224 valence electrons. The highest BCUT2D eigenvalue weighted by molar-refractivity contribution is 5.96. The Kier molecular flexibility index (Phi) is 8.72. The number of benzene rings is 3. The van der Waals surface area contributed by atoms with E-state index in [1.54, 1.807) is 7.11 Å². The van der Waals surface area contributed by atoms with E-state index in [0.717, 1.165) is 40.9 Å². The summed E-state index contributed by atoms with van der Waals surface area (Å²) in [6.07, 6.45) is -3.94. The number of nitrogens with zero attached hydrogens (tertiary/aromatic N) is 3. The molecule has 2 heterocycles. The summed E-state index contributed by atoms with van der Waals surface area (Å²) in [5.74, 6) is -1.09. The van der Waals surface area contributed by atoms with Crippen LogP contribution in [0, 0.1) is 5.82 Å². The SMILES string of the molecule is COc1ccc(CN2CCc3cc(CO)c(CO)cc3C2)cc1N1CCN(C(=O)c2cc(F)ccc2C(F)(F)F)CC1. The van der Waals surface area contributed by atoms with Crippen LogP contribution >= 0.6 is 0 Å². The van der Waals surface area contributed by atoms with Gasteiger partial charge in [0.1, 0.15) is 11.6 Å². The lowest BCUT2D eigenvalue weighted by molar-refractivity contribution is -0.138. The minimum absolute atomic E-state index is 0.108. The molecule has 2 N–H and O–H groups in total. The highest BCUT2D eigenvalue weighted by Gasteiger charge is 2.37. The number of ether oxygens (including phenoxy) is 1. The number of aliphatic hydroxyl groups is 2. The monoisotopic (exact) mass is 587 g/mol. The predicted octanol–water partition coefficient (Wildman–Crippen LogP) is 4.36. The van der Waals surface area contributed by atoms with Gasteiger partial charge in [0.15, 0.2) is 0 Å². The quantitative estimate of drug-likeness (QED) is 0.401. The second kappa shape index (κ2) is 12.3. The van der Waals surface area contributed by atoms with Gasteiger partial charge in [0.25, 0.3) is 5.91 Å². The maximum atomic E-state index is 13.8. The molecule has 7 nitrogen and oxygen atoms in total. The number of hydrogen-bond donors (Lipinski definition) is 2. The zero-order valence-electron chi connectivity index (χ0n) is 23.3. The summed E-state index contributed by atoms with van der Waals surface area (Å²) in [5, 5.41) is 19.3. The number of carbonyl (C=O) groups is 1. The average molecular weight is 588 g/mol. The van der Waals surface area contributed by atoms with E-state index in [9.17, 15) is 32.6 Å². The largest absolute Gasteiger partial charge is 0.495 e. The maximum Gasteiger partial charge on any atom is 0.417 e. The van der Waals surface area contributed by atoms with Gasteiger partial charge in [-0.15, -0.1) is 0 Å². The van der Waals surface area contributed by atoms with Crippen molar-refractivity contribution in [3.8, 4) is 5.75 Å². The van der Waals surface area contributed by atoms with Gasteiger partial charge >= 0.3 is 6.18 Å². The number of methoxy groups -OCH3 is 1. The van der Waals surface area contributed by atoms with E-state index in [2.05, 4.69) is 4.90 Å². The van der Waals surface area contributed by atoms with Crippen LogP contribution in [-0.4, -0.2) is 65.8 Å². The van der Waals surface area contributed by atoms with Crippen LogP contribution in [0.1, 0.15) is 43.7 Å². The van der Waals surface area contributed by atoms with E-state index in [-0.39, 0.29) is 26.3 Å². The Bertz CT molecular complexity index is 1450. The molecule has 3 aromatic rings. The molecule has 0 bridgehead atoms. The summed E-state index contributed by atoms with van der Waals surface area (Å²) in [6, 6.07) is 11.8. The number of amides is 1. The second-order valence-electron chi connectivity index (χ2n) is 10.6. The van der Waals surface area contributed by atoms with Crippen LogP contribution in [-0.2, 0) is 38.9 Å². The van der Waals surface area contributed by atoms with Crippen LogP contribution in [0.3, 0.4) is 0 Å². The molecule has 1 saturated heterocycles. The van der Waals surface area contributed by atoms with Gasteiger partial charge in [-0.3, -0.25) is 9.69 Å². The Morgan fingerprint density at radius 2 is 1.60 bits per heavy atom. The Morgan fingerprint density at radius 1 is 0.905 bits per heavy atom. The van der Waals surface area contributed by atoms with Crippen LogP contribution < -0.4 is 9.64 Å². The van der Waals surface area contributed by atoms with Gasteiger partial charge in [-0.1, -0.05) is 18.2 Å². The molecule has 42 heavy (non-hydrogen) atoms. The summed E-state index contributed by atoms with van der Waals surface area (Å²) < 4.78 is 59.8. The fourth-order valence-electron chi connectivity index (χ4n) is 5.80. The lowest BCUT2D eigenvalue weighted by atomic mass is 9.93. The number of hydrogen-bond acceptors (Lipinski definition) is 6. The molecule has 2 aliphatic rings. The third-order valence-electron chi connectivity index (χ3n) is 8.03. The number of piperazine rings is 1. The van der Waals surface area contributed by atoms with Crippen molar-refractivity contribution in [1.82, 2.24) is 9.80 Å². The van der Waals surface area contributed by atoms with Crippen molar-refractivity contribution in [1.29, 1.82) is 0 Å². The molecule has 0 aliphatic carbocycles. The Balaban J connectivity index is 1.28. The highest BCUT2D eigenvalue weighted by Crippen LogP contribution is 2.35. The third-order valence-corrected chi connectivity index (χ3v) is 8.03. The topological polar surface area (TPSA) is 76.5 Å². The van der Waals surface area contributed by atoms with Crippen molar-refractivity contribution in [2.24, 2.45) is 0 Å². The number of alkyl halides is 3. The molecule has 0 aromatic heterocycles. The lowest BCUT2D eigenvalue weighted by Gasteiger charge is -2.37. The molecule has 0 spiro atoms. The van der Waals surface area contributed by atoms with Crippen LogP contribution in [0.15, 0.2) is 48.5 Å².